The molecule has 3 nitrogen and oxygen atoms in total. The summed E-state index contributed by atoms with van der Waals surface area (Å²) in [6.45, 7) is 5.99. The summed E-state index contributed by atoms with van der Waals surface area (Å²) in [6, 6.07) is 8.03. The van der Waals surface area contributed by atoms with Crippen molar-refractivity contribution in [3.63, 3.8) is 0 Å². The molecule has 0 aliphatic heterocycles. The predicted molar refractivity (Wildman–Crippen MR) is 86.0 cm³/mol. The van der Waals surface area contributed by atoms with Crippen molar-refractivity contribution in [3.05, 3.63) is 29.8 Å². The highest BCUT2D eigenvalue weighted by atomic mass is 16.5. The first-order chi connectivity index (χ1) is 10.1. The number of carbonyl (C=O) groups excluding carboxylic acids is 1. The standard InChI is InChI=1S/C18H27NO2/c1-14(2)12-19(16-6-4-5-7-16)13-18(20)15-8-10-17(21-3)11-9-15/h8-11,14,16H,4-7,12-13H2,1-3H3. The van der Waals surface area contributed by atoms with E-state index in [0.717, 1.165) is 17.9 Å². The third-order valence-corrected chi connectivity index (χ3v) is 4.20. The first kappa shape index (κ1) is 16.0. The van der Waals surface area contributed by atoms with Gasteiger partial charge >= 0.3 is 0 Å². The van der Waals surface area contributed by atoms with E-state index in [1.165, 1.54) is 25.7 Å². The van der Waals surface area contributed by atoms with E-state index >= 15 is 0 Å². The van der Waals surface area contributed by atoms with Crippen LogP contribution in [0.25, 0.3) is 0 Å². The molecule has 116 valence electrons. The Morgan fingerprint density at radius 3 is 2.38 bits per heavy atom. The van der Waals surface area contributed by atoms with E-state index in [-0.39, 0.29) is 5.78 Å². The second-order valence-corrected chi connectivity index (χ2v) is 6.41. The molecule has 0 bridgehead atoms. The van der Waals surface area contributed by atoms with Gasteiger partial charge in [0, 0.05) is 18.2 Å². The summed E-state index contributed by atoms with van der Waals surface area (Å²) < 4.78 is 5.14. The average Bonchev–Trinajstić information content (AvgIpc) is 3.00. The minimum absolute atomic E-state index is 0.213. The zero-order valence-corrected chi connectivity index (χ0v) is 13.5. The van der Waals surface area contributed by atoms with E-state index in [2.05, 4.69) is 18.7 Å². The van der Waals surface area contributed by atoms with E-state index in [1.807, 2.05) is 24.3 Å². The lowest BCUT2D eigenvalue weighted by molar-refractivity contribution is 0.0876. The first-order valence-electron chi connectivity index (χ1n) is 8.01. The molecule has 1 fully saturated rings. The number of carbonyl (C=O) groups is 1. The molecule has 0 radical (unpaired) electrons. The van der Waals surface area contributed by atoms with E-state index in [4.69, 9.17) is 4.74 Å². The van der Waals surface area contributed by atoms with Crippen molar-refractivity contribution in [2.45, 2.75) is 45.6 Å². The van der Waals surface area contributed by atoms with Crippen LogP contribution in [0.4, 0.5) is 0 Å². The van der Waals surface area contributed by atoms with Crippen LogP contribution in [-0.4, -0.2) is 36.9 Å². The van der Waals surface area contributed by atoms with Gasteiger partial charge in [0.05, 0.1) is 13.7 Å². The Morgan fingerprint density at radius 2 is 1.86 bits per heavy atom. The third-order valence-electron chi connectivity index (χ3n) is 4.20. The number of ether oxygens (including phenoxy) is 1. The van der Waals surface area contributed by atoms with Crippen molar-refractivity contribution in [1.82, 2.24) is 4.90 Å². The Balaban J connectivity index is 2.01. The van der Waals surface area contributed by atoms with E-state index in [9.17, 15) is 4.79 Å². The minimum Gasteiger partial charge on any atom is -0.497 e. The molecule has 1 aliphatic carbocycles. The van der Waals surface area contributed by atoms with Crippen molar-refractivity contribution in [2.75, 3.05) is 20.2 Å². The molecule has 21 heavy (non-hydrogen) atoms. The lowest BCUT2D eigenvalue weighted by Gasteiger charge is -2.29. The molecule has 0 saturated heterocycles. The molecule has 0 N–H and O–H groups in total. The van der Waals surface area contributed by atoms with Gasteiger partial charge in [-0.3, -0.25) is 9.69 Å². The molecular weight excluding hydrogens is 262 g/mol. The number of ketones is 1. The molecular formula is C18H27NO2. The molecule has 1 saturated carbocycles. The Bertz CT molecular complexity index is 447. The normalized spacial score (nSPS) is 15.9. The van der Waals surface area contributed by atoms with Gasteiger partial charge in [0.2, 0.25) is 0 Å². The van der Waals surface area contributed by atoms with Crippen LogP contribution in [0.15, 0.2) is 24.3 Å². The van der Waals surface area contributed by atoms with Crippen LogP contribution in [-0.2, 0) is 0 Å². The fourth-order valence-electron chi connectivity index (χ4n) is 3.13. The summed E-state index contributed by atoms with van der Waals surface area (Å²) in [5.41, 5.74) is 0.780. The molecule has 1 aromatic carbocycles. The topological polar surface area (TPSA) is 29.5 Å². The number of Topliss-reactive ketones (excluding diaryl/α,β-unsaturated/α-hetero) is 1. The fourth-order valence-corrected chi connectivity index (χ4v) is 3.13. The van der Waals surface area contributed by atoms with Gasteiger partial charge < -0.3 is 4.74 Å². The number of hydrogen-bond acceptors (Lipinski definition) is 3. The highest BCUT2D eigenvalue weighted by molar-refractivity contribution is 5.97. The Labute approximate surface area is 128 Å². The van der Waals surface area contributed by atoms with Gasteiger partial charge in [0.25, 0.3) is 0 Å². The van der Waals surface area contributed by atoms with Crippen LogP contribution in [0.5, 0.6) is 5.75 Å². The molecule has 0 spiro atoms. The summed E-state index contributed by atoms with van der Waals surface area (Å²) in [4.78, 5) is 14.9. The molecule has 0 atom stereocenters. The van der Waals surface area contributed by atoms with Gasteiger partial charge in [0.1, 0.15) is 5.75 Å². The van der Waals surface area contributed by atoms with Gasteiger partial charge in [-0.25, -0.2) is 0 Å². The Kier molecular flexibility index (Phi) is 5.80. The number of hydrogen-bond donors (Lipinski definition) is 0. The summed E-state index contributed by atoms with van der Waals surface area (Å²) in [6.07, 6.45) is 5.08. The zero-order valence-electron chi connectivity index (χ0n) is 13.5. The highest BCUT2D eigenvalue weighted by Gasteiger charge is 2.25. The molecule has 1 aromatic rings. The van der Waals surface area contributed by atoms with Crippen molar-refractivity contribution < 1.29 is 9.53 Å². The zero-order chi connectivity index (χ0) is 15.2. The van der Waals surface area contributed by atoms with Crippen molar-refractivity contribution in [1.29, 1.82) is 0 Å². The van der Waals surface area contributed by atoms with Crippen LogP contribution in [0, 0.1) is 5.92 Å². The molecule has 3 heteroatoms. The Morgan fingerprint density at radius 1 is 1.24 bits per heavy atom. The first-order valence-corrected chi connectivity index (χ1v) is 8.01. The van der Waals surface area contributed by atoms with Crippen LogP contribution < -0.4 is 4.74 Å². The highest BCUT2D eigenvalue weighted by Crippen LogP contribution is 2.24. The van der Waals surface area contributed by atoms with Gasteiger partial charge in [-0.05, 0) is 43.0 Å². The maximum Gasteiger partial charge on any atom is 0.176 e. The SMILES string of the molecule is COc1ccc(C(=O)CN(CC(C)C)C2CCCC2)cc1. The van der Waals surface area contributed by atoms with Crippen molar-refractivity contribution in [2.24, 2.45) is 5.92 Å². The smallest absolute Gasteiger partial charge is 0.176 e. The van der Waals surface area contributed by atoms with Gasteiger partial charge in [0.15, 0.2) is 5.78 Å². The summed E-state index contributed by atoms with van der Waals surface area (Å²) in [5, 5.41) is 0. The number of methoxy groups -OCH3 is 1. The molecule has 2 rings (SSSR count). The quantitative estimate of drug-likeness (QED) is 0.715. The number of rotatable bonds is 7. The second-order valence-electron chi connectivity index (χ2n) is 6.41. The molecule has 0 heterocycles. The third kappa shape index (κ3) is 4.57. The van der Waals surface area contributed by atoms with Crippen LogP contribution in [0.3, 0.4) is 0 Å². The maximum atomic E-state index is 12.5. The minimum atomic E-state index is 0.213. The average molecular weight is 289 g/mol. The Hall–Kier alpha value is -1.35. The lowest BCUT2D eigenvalue weighted by atomic mass is 10.1. The van der Waals surface area contributed by atoms with Gasteiger partial charge in [-0.1, -0.05) is 26.7 Å². The molecule has 0 aromatic heterocycles. The lowest BCUT2D eigenvalue weighted by Crippen LogP contribution is -2.40. The van der Waals surface area contributed by atoms with Gasteiger partial charge in [-0.15, -0.1) is 0 Å². The second kappa shape index (κ2) is 7.60. The van der Waals surface area contributed by atoms with Crippen LogP contribution >= 0.6 is 0 Å². The van der Waals surface area contributed by atoms with E-state index < -0.39 is 0 Å². The molecule has 1 aliphatic rings. The van der Waals surface area contributed by atoms with Crippen LogP contribution in [0.2, 0.25) is 0 Å². The molecule has 0 unspecified atom stereocenters. The number of benzene rings is 1. The van der Waals surface area contributed by atoms with Crippen LogP contribution in [0.1, 0.15) is 49.9 Å². The largest absolute Gasteiger partial charge is 0.497 e. The van der Waals surface area contributed by atoms with Crippen molar-refractivity contribution in [3.8, 4) is 5.75 Å². The fraction of sp³-hybridized carbons (Fsp3) is 0.611. The monoisotopic (exact) mass is 289 g/mol. The number of nitrogens with zero attached hydrogens (tertiary/aromatic N) is 1. The summed E-state index contributed by atoms with van der Waals surface area (Å²) >= 11 is 0. The van der Waals surface area contributed by atoms with E-state index in [1.54, 1.807) is 7.11 Å². The van der Waals surface area contributed by atoms with E-state index in [0.29, 0.717) is 18.5 Å². The van der Waals surface area contributed by atoms with Crippen molar-refractivity contribution >= 4 is 5.78 Å². The maximum absolute atomic E-state index is 12.5. The van der Waals surface area contributed by atoms with Gasteiger partial charge in [-0.2, -0.15) is 0 Å². The predicted octanol–water partition coefficient (Wildman–Crippen LogP) is 3.78. The summed E-state index contributed by atoms with van der Waals surface area (Å²) in [7, 11) is 1.64. The molecule has 0 amide bonds. The summed E-state index contributed by atoms with van der Waals surface area (Å²) in [5.74, 6) is 1.60.